The Hall–Kier alpha value is -1.26. The summed E-state index contributed by atoms with van der Waals surface area (Å²) < 4.78 is 5.15. The highest BCUT2D eigenvalue weighted by atomic mass is 16.5. The molecule has 0 bridgehead atoms. The van der Waals surface area contributed by atoms with E-state index < -0.39 is 0 Å². The van der Waals surface area contributed by atoms with Gasteiger partial charge in [0, 0.05) is 19.6 Å². The fraction of sp³-hybridized carbons (Fsp3) is 0.571. The van der Waals surface area contributed by atoms with Crippen LogP contribution in [0.3, 0.4) is 0 Å². The number of nitrogens with zero attached hydrogens (tertiary/aromatic N) is 1. The van der Waals surface area contributed by atoms with Gasteiger partial charge in [-0.25, -0.2) is 0 Å². The minimum absolute atomic E-state index is 0.212. The van der Waals surface area contributed by atoms with Crippen LogP contribution in [0.5, 0.6) is 11.5 Å². The summed E-state index contributed by atoms with van der Waals surface area (Å²) in [6.07, 6.45) is 0. The average Bonchev–Trinajstić information content (AvgIpc) is 2.92. The highest BCUT2D eigenvalue weighted by Gasteiger charge is 2.35. The first-order valence-corrected chi connectivity index (χ1v) is 6.55. The summed E-state index contributed by atoms with van der Waals surface area (Å²) in [7, 11) is 1.59. The van der Waals surface area contributed by atoms with Crippen LogP contribution in [-0.2, 0) is 6.54 Å². The minimum Gasteiger partial charge on any atom is -0.504 e. The Bertz CT molecular complexity index is 424. The second-order valence-corrected chi connectivity index (χ2v) is 5.38. The summed E-state index contributed by atoms with van der Waals surface area (Å²) >= 11 is 0. The second kappa shape index (κ2) is 4.78. The Balaban J connectivity index is 1.66. The molecule has 1 aromatic carbocycles. The van der Waals surface area contributed by atoms with Crippen LogP contribution in [-0.4, -0.2) is 43.3 Å². The third kappa shape index (κ3) is 2.18. The van der Waals surface area contributed by atoms with E-state index in [2.05, 4.69) is 10.2 Å². The zero-order valence-electron chi connectivity index (χ0n) is 10.7. The molecule has 2 heterocycles. The lowest BCUT2D eigenvalue weighted by atomic mass is 10.0. The molecule has 0 spiro atoms. The Morgan fingerprint density at radius 2 is 2.06 bits per heavy atom. The minimum atomic E-state index is 0.212. The van der Waals surface area contributed by atoms with E-state index in [0.717, 1.165) is 18.4 Å². The number of nitrogens with one attached hydrogen (secondary N) is 1. The first-order chi connectivity index (χ1) is 8.76. The molecule has 2 atom stereocenters. The van der Waals surface area contributed by atoms with Gasteiger partial charge in [-0.1, -0.05) is 6.07 Å². The molecule has 0 aliphatic carbocycles. The number of fused-ring (bicyclic) bond motifs is 1. The fourth-order valence-corrected chi connectivity index (χ4v) is 3.16. The van der Waals surface area contributed by atoms with Crippen LogP contribution in [0.2, 0.25) is 0 Å². The van der Waals surface area contributed by atoms with Gasteiger partial charge < -0.3 is 15.2 Å². The Kier molecular flexibility index (Phi) is 3.14. The standard InChI is InChI=1S/C14H20N2O2/c1-18-14-4-10(2-3-13(14)17)7-16-8-11-5-15-6-12(11)9-16/h2-4,11-12,15,17H,5-9H2,1H3/t11-,12+. The van der Waals surface area contributed by atoms with E-state index in [0.29, 0.717) is 5.75 Å². The lowest BCUT2D eigenvalue weighted by Crippen LogP contribution is -2.25. The number of phenols is 1. The summed E-state index contributed by atoms with van der Waals surface area (Å²) in [6.45, 7) is 5.64. The number of hydrogen-bond donors (Lipinski definition) is 2. The van der Waals surface area contributed by atoms with Crippen LogP contribution in [0.25, 0.3) is 0 Å². The Morgan fingerprint density at radius 3 is 2.72 bits per heavy atom. The summed E-state index contributed by atoms with van der Waals surface area (Å²) in [5.41, 5.74) is 1.21. The van der Waals surface area contributed by atoms with Gasteiger partial charge in [0.25, 0.3) is 0 Å². The predicted molar refractivity (Wildman–Crippen MR) is 69.8 cm³/mol. The summed E-state index contributed by atoms with van der Waals surface area (Å²) in [6, 6.07) is 5.62. The average molecular weight is 248 g/mol. The number of benzene rings is 1. The van der Waals surface area contributed by atoms with Crippen molar-refractivity contribution in [2.75, 3.05) is 33.3 Å². The quantitative estimate of drug-likeness (QED) is 0.839. The molecule has 0 radical (unpaired) electrons. The van der Waals surface area contributed by atoms with Crippen LogP contribution in [0.1, 0.15) is 5.56 Å². The molecule has 2 aliphatic rings. The summed E-state index contributed by atoms with van der Waals surface area (Å²) in [4.78, 5) is 2.50. The van der Waals surface area contributed by atoms with E-state index >= 15 is 0 Å². The van der Waals surface area contributed by atoms with Gasteiger partial charge in [-0.3, -0.25) is 4.90 Å². The monoisotopic (exact) mass is 248 g/mol. The number of aromatic hydroxyl groups is 1. The molecule has 0 saturated carbocycles. The molecule has 2 fully saturated rings. The first-order valence-electron chi connectivity index (χ1n) is 6.55. The van der Waals surface area contributed by atoms with Gasteiger partial charge in [-0.05, 0) is 42.6 Å². The molecule has 98 valence electrons. The van der Waals surface area contributed by atoms with Crippen molar-refractivity contribution in [3.63, 3.8) is 0 Å². The zero-order chi connectivity index (χ0) is 12.5. The zero-order valence-corrected chi connectivity index (χ0v) is 10.7. The van der Waals surface area contributed by atoms with Crippen LogP contribution >= 0.6 is 0 Å². The van der Waals surface area contributed by atoms with Crippen LogP contribution in [0, 0.1) is 11.8 Å². The van der Waals surface area contributed by atoms with Crippen molar-refractivity contribution in [2.45, 2.75) is 6.54 Å². The fourth-order valence-electron chi connectivity index (χ4n) is 3.16. The maximum absolute atomic E-state index is 9.58. The van der Waals surface area contributed by atoms with Crippen molar-refractivity contribution < 1.29 is 9.84 Å². The summed E-state index contributed by atoms with van der Waals surface area (Å²) in [5, 5.41) is 13.0. The maximum atomic E-state index is 9.58. The van der Waals surface area contributed by atoms with Gasteiger partial charge in [-0.15, -0.1) is 0 Å². The van der Waals surface area contributed by atoms with Crippen molar-refractivity contribution in [3.05, 3.63) is 23.8 Å². The molecular weight excluding hydrogens is 228 g/mol. The normalized spacial score (nSPS) is 27.4. The van der Waals surface area contributed by atoms with Crippen LogP contribution in [0.15, 0.2) is 18.2 Å². The molecular formula is C14H20N2O2. The van der Waals surface area contributed by atoms with Crippen molar-refractivity contribution in [3.8, 4) is 11.5 Å². The third-order valence-electron chi connectivity index (χ3n) is 4.12. The molecule has 0 aromatic heterocycles. The highest BCUT2D eigenvalue weighted by Crippen LogP contribution is 2.30. The third-order valence-corrected chi connectivity index (χ3v) is 4.12. The lowest BCUT2D eigenvalue weighted by molar-refractivity contribution is 0.304. The molecule has 2 aliphatic heterocycles. The molecule has 4 heteroatoms. The number of hydrogen-bond acceptors (Lipinski definition) is 4. The molecule has 0 unspecified atom stereocenters. The lowest BCUT2D eigenvalue weighted by Gasteiger charge is -2.17. The SMILES string of the molecule is COc1cc(CN2C[C@H]3CNC[C@H]3C2)ccc1O. The topological polar surface area (TPSA) is 44.7 Å². The second-order valence-electron chi connectivity index (χ2n) is 5.38. The van der Waals surface area contributed by atoms with Crippen LogP contribution < -0.4 is 10.1 Å². The van der Waals surface area contributed by atoms with Crippen molar-refractivity contribution in [1.29, 1.82) is 0 Å². The Labute approximate surface area is 108 Å². The van der Waals surface area contributed by atoms with Gasteiger partial charge >= 0.3 is 0 Å². The van der Waals surface area contributed by atoms with Gasteiger partial charge in [0.15, 0.2) is 11.5 Å². The smallest absolute Gasteiger partial charge is 0.160 e. The van der Waals surface area contributed by atoms with Gasteiger partial charge in [0.1, 0.15) is 0 Å². The first kappa shape index (κ1) is 11.8. The highest BCUT2D eigenvalue weighted by molar-refractivity contribution is 5.41. The van der Waals surface area contributed by atoms with E-state index in [9.17, 15) is 5.11 Å². The van der Waals surface area contributed by atoms with E-state index in [1.165, 1.54) is 31.7 Å². The number of likely N-dealkylation sites (tertiary alicyclic amines) is 1. The van der Waals surface area contributed by atoms with E-state index in [4.69, 9.17) is 4.74 Å². The largest absolute Gasteiger partial charge is 0.504 e. The van der Waals surface area contributed by atoms with Gasteiger partial charge in [-0.2, -0.15) is 0 Å². The van der Waals surface area contributed by atoms with Crippen LogP contribution in [0.4, 0.5) is 0 Å². The molecule has 2 saturated heterocycles. The predicted octanol–water partition coefficient (Wildman–Crippen LogP) is 1.05. The molecule has 4 nitrogen and oxygen atoms in total. The number of ether oxygens (including phenoxy) is 1. The molecule has 2 N–H and O–H groups in total. The van der Waals surface area contributed by atoms with Crippen molar-refractivity contribution in [1.82, 2.24) is 10.2 Å². The Morgan fingerprint density at radius 1 is 1.33 bits per heavy atom. The maximum Gasteiger partial charge on any atom is 0.160 e. The molecule has 18 heavy (non-hydrogen) atoms. The van der Waals surface area contributed by atoms with Crippen molar-refractivity contribution >= 4 is 0 Å². The van der Waals surface area contributed by atoms with E-state index in [1.807, 2.05) is 12.1 Å². The van der Waals surface area contributed by atoms with E-state index in [-0.39, 0.29) is 5.75 Å². The van der Waals surface area contributed by atoms with Crippen molar-refractivity contribution in [2.24, 2.45) is 11.8 Å². The number of methoxy groups -OCH3 is 1. The van der Waals surface area contributed by atoms with Gasteiger partial charge in [0.05, 0.1) is 7.11 Å². The molecule has 3 rings (SSSR count). The van der Waals surface area contributed by atoms with Gasteiger partial charge in [0.2, 0.25) is 0 Å². The summed E-state index contributed by atoms with van der Waals surface area (Å²) in [5.74, 6) is 2.42. The number of phenolic OH excluding ortho intramolecular Hbond substituents is 1. The molecule has 1 aromatic rings. The molecule has 0 amide bonds. The number of rotatable bonds is 3. The van der Waals surface area contributed by atoms with E-state index in [1.54, 1.807) is 13.2 Å².